The molecule has 3 N–H and O–H groups in total. The van der Waals surface area contributed by atoms with Gasteiger partial charge in [0, 0.05) is 42.2 Å². The third-order valence-electron chi connectivity index (χ3n) is 5.53. The number of anilines is 1. The van der Waals surface area contributed by atoms with E-state index in [-0.39, 0.29) is 29.8 Å². The molecule has 1 aromatic heterocycles. The molecule has 0 radical (unpaired) electrons. The van der Waals surface area contributed by atoms with Gasteiger partial charge in [0.25, 0.3) is 0 Å². The summed E-state index contributed by atoms with van der Waals surface area (Å²) in [5.74, 6) is -0.233. The van der Waals surface area contributed by atoms with Crippen LogP contribution in [0.4, 0.5) is 5.69 Å². The molecule has 3 unspecified atom stereocenters. The van der Waals surface area contributed by atoms with Crippen molar-refractivity contribution in [3.63, 3.8) is 0 Å². The van der Waals surface area contributed by atoms with Crippen LogP contribution in [0.5, 0.6) is 0 Å². The number of carbonyl (C=O) groups is 2. The number of halogens is 1. The van der Waals surface area contributed by atoms with E-state index < -0.39 is 0 Å². The zero-order valence-corrected chi connectivity index (χ0v) is 16.7. The number of hydrogen-bond acceptors (Lipinski definition) is 5. The van der Waals surface area contributed by atoms with E-state index in [0.29, 0.717) is 30.2 Å². The Labute approximate surface area is 174 Å². The molecule has 29 heavy (non-hydrogen) atoms. The first kappa shape index (κ1) is 19.8. The third-order valence-corrected chi connectivity index (χ3v) is 5.78. The number of amides is 2. The lowest BCUT2D eigenvalue weighted by molar-refractivity contribution is -0.136. The van der Waals surface area contributed by atoms with Crippen molar-refractivity contribution in [3.05, 3.63) is 59.4 Å². The minimum Gasteiger partial charge on any atom is -0.341 e. The molecule has 1 aromatic carbocycles. The molecule has 2 aliphatic heterocycles. The fourth-order valence-electron chi connectivity index (χ4n) is 3.92. The first-order chi connectivity index (χ1) is 14.1. The van der Waals surface area contributed by atoms with Crippen LogP contribution in [0.2, 0.25) is 5.02 Å². The first-order valence-electron chi connectivity index (χ1n) is 9.86. The number of carbonyl (C=O) groups excluding carboxylic acids is 2. The number of hydrazine groups is 1. The summed E-state index contributed by atoms with van der Waals surface area (Å²) < 4.78 is 0. The van der Waals surface area contributed by atoms with Gasteiger partial charge >= 0.3 is 0 Å². The summed E-state index contributed by atoms with van der Waals surface area (Å²) in [5.41, 5.74) is 8.13. The van der Waals surface area contributed by atoms with Gasteiger partial charge in [-0.15, -0.1) is 0 Å². The Morgan fingerprint density at radius 2 is 1.86 bits per heavy atom. The molecule has 0 spiro atoms. The van der Waals surface area contributed by atoms with Crippen LogP contribution in [0.1, 0.15) is 30.9 Å². The smallest absolute Gasteiger partial charge is 0.241 e. The highest BCUT2D eigenvalue weighted by Gasteiger charge is 2.36. The number of hydrogen-bond donors (Lipinski definition) is 3. The minimum atomic E-state index is -0.300. The second-order valence-electron chi connectivity index (χ2n) is 7.53. The molecule has 3 atom stereocenters. The molecule has 0 saturated carbocycles. The Bertz CT molecular complexity index is 861. The van der Waals surface area contributed by atoms with Crippen LogP contribution in [-0.4, -0.2) is 40.8 Å². The fourth-order valence-corrected chi connectivity index (χ4v) is 4.05. The zero-order valence-electron chi connectivity index (χ0n) is 16.0. The lowest BCUT2D eigenvalue weighted by atomic mass is 9.95. The predicted octanol–water partition coefficient (Wildman–Crippen LogP) is 2.52. The van der Waals surface area contributed by atoms with E-state index in [0.717, 1.165) is 18.4 Å². The lowest BCUT2D eigenvalue weighted by Crippen LogP contribution is -2.50. The third kappa shape index (κ3) is 4.75. The monoisotopic (exact) mass is 413 g/mol. The van der Waals surface area contributed by atoms with Crippen molar-refractivity contribution < 1.29 is 9.59 Å². The number of nitrogens with one attached hydrogen (secondary N) is 3. The molecule has 2 aliphatic rings. The summed E-state index contributed by atoms with van der Waals surface area (Å²) in [7, 11) is 0. The number of rotatable bonds is 4. The van der Waals surface area contributed by atoms with E-state index in [1.807, 2.05) is 17.0 Å². The quantitative estimate of drug-likeness (QED) is 0.717. The highest BCUT2D eigenvalue weighted by atomic mass is 35.5. The molecular formula is C21H24ClN5O2. The van der Waals surface area contributed by atoms with E-state index in [4.69, 9.17) is 11.6 Å². The highest BCUT2D eigenvalue weighted by molar-refractivity contribution is 6.30. The Morgan fingerprint density at radius 1 is 1.10 bits per heavy atom. The molecule has 3 heterocycles. The maximum absolute atomic E-state index is 13.0. The number of piperidine rings is 1. The van der Waals surface area contributed by atoms with Gasteiger partial charge in [-0.05, 0) is 61.2 Å². The molecule has 0 aliphatic carbocycles. The van der Waals surface area contributed by atoms with E-state index in [1.165, 1.54) is 0 Å². The summed E-state index contributed by atoms with van der Waals surface area (Å²) in [6.07, 6.45) is 5.76. The van der Waals surface area contributed by atoms with E-state index in [1.54, 1.807) is 36.7 Å². The van der Waals surface area contributed by atoms with Gasteiger partial charge in [0.15, 0.2) is 0 Å². The summed E-state index contributed by atoms with van der Waals surface area (Å²) >= 11 is 5.89. The van der Waals surface area contributed by atoms with Crippen molar-refractivity contribution in [1.82, 2.24) is 20.7 Å². The number of pyridine rings is 1. The lowest BCUT2D eigenvalue weighted by Gasteiger charge is -2.33. The first-order valence-corrected chi connectivity index (χ1v) is 10.2. The van der Waals surface area contributed by atoms with Crippen LogP contribution in [0.3, 0.4) is 0 Å². The Morgan fingerprint density at radius 3 is 2.62 bits per heavy atom. The average molecular weight is 414 g/mol. The number of aromatic nitrogens is 1. The summed E-state index contributed by atoms with van der Waals surface area (Å²) in [5, 5.41) is 3.55. The normalized spacial score (nSPS) is 24.3. The van der Waals surface area contributed by atoms with Gasteiger partial charge in [0.1, 0.15) is 6.04 Å². The van der Waals surface area contributed by atoms with Crippen molar-refractivity contribution in [3.8, 4) is 0 Å². The fraction of sp³-hybridized carbons (Fsp3) is 0.381. The molecule has 2 fully saturated rings. The second kappa shape index (κ2) is 8.90. The van der Waals surface area contributed by atoms with Crippen LogP contribution in [0, 0.1) is 5.92 Å². The van der Waals surface area contributed by atoms with Crippen LogP contribution < -0.4 is 16.2 Å². The molecule has 2 aromatic rings. The van der Waals surface area contributed by atoms with Crippen molar-refractivity contribution >= 4 is 29.1 Å². The van der Waals surface area contributed by atoms with Gasteiger partial charge in [0.05, 0.1) is 5.92 Å². The second-order valence-corrected chi connectivity index (χ2v) is 7.97. The summed E-state index contributed by atoms with van der Waals surface area (Å²) in [6.45, 7) is 1.12. The summed E-state index contributed by atoms with van der Waals surface area (Å²) in [6, 6.07) is 10.7. The van der Waals surface area contributed by atoms with Crippen molar-refractivity contribution in [2.75, 3.05) is 18.4 Å². The van der Waals surface area contributed by atoms with Crippen LogP contribution >= 0.6 is 11.6 Å². The topological polar surface area (TPSA) is 86.4 Å². The number of likely N-dealkylation sites (tertiary alicyclic amines) is 1. The molecular weight excluding hydrogens is 390 g/mol. The molecule has 7 nitrogen and oxygen atoms in total. The van der Waals surface area contributed by atoms with Gasteiger partial charge in [-0.3, -0.25) is 14.6 Å². The van der Waals surface area contributed by atoms with Crippen molar-refractivity contribution in [1.29, 1.82) is 0 Å². The highest BCUT2D eigenvalue weighted by Crippen LogP contribution is 2.25. The van der Waals surface area contributed by atoms with Crippen molar-refractivity contribution in [2.24, 2.45) is 5.92 Å². The minimum absolute atomic E-state index is 0.0399. The Kier molecular flexibility index (Phi) is 6.08. The molecule has 8 heteroatoms. The molecule has 4 rings (SSSR count). The largest absolute Gasteiger partial charge is 0.341 e. The summed E-state index contributed by atoms with van der Waals surface area (Å²) in [4.78, 5) is 31.5. The van der Waals surface area contributed by atoms with Gasteiger partial charge in [-0.25, -0.2) is 10.9 Å². The molecule has 2 saturated heterocycles. The van der Waals surface area contributed by atoms with Gasteiger partial charge in [-0.1, -0.05) is 11.6 Å². The average Bonchev–Trinajstić information content (AvgIpc) is 3.26. The van der Waals surface area contributed by atoms with Gasteiger partial charge < -0.3 is 10.2 Å². The van der Waals surface area contributed by atoms with Crippen LogP contribution in [-0.2, 0) is 9.59 Å². The van der Waals surface area contributed by atoms with Crippen LogP contribution in [0.25, 0.3) is 0 Å². The molecule has 0 bridgehead atoms. The zero-order chi connectivity index (χ0) is 20.2. The Hall–Kier alpha value is -2.48. The maximum atomic E-state index is 13.0. The number of benzene rings is 1. The maximum Gasteiger partial charge on any atom is 0.241 e. The molecule has 2 amide bonds. The van der Waals surface area contributed by atoms with Gasteiger partial charge in [-0.2, -0.15) is 0 Å². The van der Waals surface area contributed by atoms with Crippen LogP contribution in [0.15, 0.2) is 48.8 Å². The van der Waals surface area contributed by atoms with Gasteiger partial charge in [0.2, 0.25) is 11.8 Å². The van der Waals surface area contributed by atoms with E-state index >= 15 is 0 Å². The standard InChI is InChI=1S/C21H24ClN5O2/c22-16-3-5-17(6-4-16)24-20(28)15-2-1-11-27(13-15)21(29)19-12-18(25-26-19)14-7-9-23-10-8-14/h3-10,15,18-19,25-26H,1-2,11-13H2,(H,24,28). The van der Waals surface area contributed by atoms with E-state index in [9.17, 15) is 9.59 Å². The predicted molar refractivity (Wildman–Crippen MR) is 111 cm³/mol. The SMILES string of the molecule is O=C(Nc1ccc(Cl)cc1)C1CCCN(C(=O)C2CC(c3ccncc3)NN2)C1. The van der Waals surface area contributed by atoms with E-state index in [2.05, 4.69) is 21.2 Å². The Balaban J connectivity index is 1.33. The molecule has 152 valence electrons. The number of nitrogens with zero attached hydrogens (tertiary/aromatic N) is 2. The van der Waals surface area contributed by atoms with Crippen molar-refractivity contribution in [2.45, 2.75) is 31.3 Å².